The molecule has 0 aliphatic carbocycles. The Morgan fingerprint density at radius 3 is 2.48 bits per heavy atom. The zero-order valence-corrected chi connectivity index (χ0v) is 23.5. The maximum Gasteiger partial charge on any atom is 0.252 e. The van der Waals surface area contributed by atoms with E-state index in [1.54, 1.807) is 35.6 Å². The molecule has 1 aliphatic heterocycles. The summed E-state index contributed by atoms with van der Waals surface area (Å²) < 4.78 is 29.1. The van der Waals surface area contributed by atoms with Gasteiger partial charge in [0.15, 0.2) is 0 Å². The summed E-state index contributed by atoms with van der Waals surface area (Å²) in [5.41, 5.74) is 3.68. The molecule has 204 valence electrons. The van der Waals surface area contributed by atoms with E-state index < -0.39 is 27.9 Å². The number of carbonyl (C=O) groups is 3. The maximum absolute atomic E-state index is 13.5. The van der Waals surface area contributed by atoms with E-state index in [-0.39, 0.29) is 23.8 Å². The summed E-state index contributed by atoms with van der Waals surface area (Å²) in [5, 5.41) is 3.40. The second-order valence-electron chi connectivity index (χ2n) is 9.39. The van der Waals surface area contributed by atoms with Crippen LogP contribution in [0, 0.1) is 6.92 Å². The zero-order chi connectivity index (χ0) is 28.6. The first-order valence-corrected chi connectivity index (χ1v) is 14.7. The van der Waals surface area contributed by atoms with Gasteiger partial charge >= 0.3 is 0 Å². The van der Waals surface area contributed by atoms with Crippen LogP contribution in [-0.4, -0.2) is 48.0 Å². The van der Waals surface area contributed by atoms with E-state index >= 15 is 0 Å². The molecule has 3 aromatic carbocycles. The minimum Gasteiger partial charge on any atom is -0.326 e. The Balaban J connectivity index is 1.40. The Labute approximate surface area is 235 Å². The SMILES string of the molecule is C=CCN(C1CC(=O)N(c2ccc(-c3nc4ccc(C)cc4s3)cc2)C1=O)S(=O)(=O)c1ccc(NC(C)=O)cc1. The fourth-order valence-corrected chi connectivity index (χ4v) is 7.21. The van der Waals surface area contributed by atoms with Crippen molar-refractivity contribution in [1.29, 1.82) is 0 Å². The van der Waals surface area contributed by atoms with Crippen molar-refractivity contribution in [3.8, 4) is 10.6 Å². The van der Waals surface area contributed by atoms with E-state index in [9.17, 15) is 22.8 Å². The second-order valence-corrected chi connectivity index (χ2v) is 12.3. The fraction of sp³-hybridized carbons (Fsp3) is 0.172. The van der Waals surface area contributed by atoms with Gasteiger partial charge in [0.05, 0.1) is 27.2 Å². The first-order valence-electron chi connectivity index (χ1n) is 12.4. The van der Waals surface area contributed by atoms with Crippen LogP contribution in [0.5, 0.6) is 0 Å². The van der Waals surface area contributed by atoms with Gasteiger partial charge in [0, 0.05) is 24.7 Å². The van der Waals surface area contributed by atoms with E-state index in [4.69, 9.17) is 0 Å². The van der Waals surface area contributed by atoms with E-state index in [0.717, 1.165) is 35.6 Å². The number of sulfonamides is 1. The maximum atomic E-state index is 13.5. The molecule has 0 spiro atoms. The molecule has 4 aromatic rings. The van der Waals surface area contributed by atoms with Gasteiger partial charge in [0.25, 0.3) is 5.91 Å². The van der Waals surface area contributed by atoms with Crippen molar-refractivity contribution in [2.75, 3.05) is 16.8 Å². The smallest absolute Gasteiger partial charge is 0.252 e. The third kappa shape index (κ3) is 5.18. The van der Waals surface area contributed by atoms with E-state index in [1.165, 1.54) is 37.3 Å². The van der Waals surface area contributed by atoms with Crippen molar-refractivity contribution in [3.63, 3.8) is 0 Å². The summed E-state index contributed by atoms with van der Waals surface area (Å²) in [6.07, 6.45) is 1.08. The van der Waals surface area contributed by atoms with E-state index in [0.29, 0.717) is 11.4 Å². The number of thiazole rings is 1. The van der Waals surface area contributed by atoms with Crippen LogP contribution in [0.25, 0.3) is 20.8 Å². The molecule has 1 atom stereocenters. The molecule has 1 aromatic heterocycles. The number of aryl methyl sites for hydroxylation is 1. The van der Waals surface area contributed by atoms with Crippen molar-refractivity contribution in [2.45, 2.75) is 31.2 Å². The number of anilines is 2. The van der Waals surface area contributed by atoms with Crippen LogP contribution >= 0.6 is 11.3 Å². The normalized spacial score (nSPS) is 15.7. The van der Waals surface area contributed by atoms with Crippen LogP contribution in [0.1, 0.15) is 18.9 Å². The lowest BCUT2D eigenvalue weighted by Gasteiger charge is -2.25. The zero-order valence-electron chi connectivity index (χ0n) is 21.8. The van der Waals surface area contributed by atoms with Gasteiger partial charge in [0.1, 0.15) is 11.0 Å². The summed E-state index contributed by atoms with van der Waals surface area (Å²) >= 11 is 1.56. The predicted octanol–water partition coefficient (Wildman–Crippen LogP) is 4.74. The van der Waals surface area contributed by atoms with Crippen LogP contribution < -0.4 is 10.2 Å². The molecule has 9 nitrogen and oxygen atoms in total. The molecule has 1 N–H and O–H groups in total. The standard InChI is InChI=1S/C29H26N4O5S2/c1-4-15-32(40(37,38)23-12-8-21(9-13-23)30-19(3)34)25-17-27(35)33(29(25)36)22-10-6-20(7-11-22)28-31-24-14-5-18(2)16-26(24)39-28/h4-14,16,25H,1,15,17H2,2-3H3,(H,30,34). The Morgan fingerprint density at radius 1 is 1.12 bits per heavy atom. The number of nitrogens with one attached hydrogen (secondary N) is 1. The van der Waals surface area contributed by atoms with Gasteiger partial charge < -0.3 is 5.32 Å². The molecule has 11 heteroatoms. The lowest BCUT2D eigenvalue weighted by Crippen LogP contribution is -2.45. The highest BCUT2D eigenvalue weighted by molar-refractivity contribution is 7.89. The number of fused-ring (bicyclic) bond motifs is 1. The van der Waals surface area contributed by atoms with Crippen molar-refractivity contribution in [3.05, 3.63) is 84.9 Å². The average Bonchev–Trinajstić information content (AvgIpc) is 3.46. The Morgan fingerprint density at radius 2 is 1.82 bits per heavy atom. The number of hydrogen-bond donors (Lipinski definition) is 1. The quantitative estimate of drug-likeness (QED) is 0.240. The van der Waals surface area contributed by atoms with Gasteiger partial charge in [-0.25, -0.2) is 18.3 Å². The highest BCUT2D eigenvalue weighted by Crippen LogP contribution is 2.34. The number of aromatic nitrogens is 1. The summed E-state index contributed by atoms with van der Waals surface area (Å²) in [6.45, 7) is 6.85. The van der Waals surface area contributed by atoms with Crippen LogP contribution in [0.3, 0.4) is 0 Å². The Hall–Kier alpha value is -4.19. The minimum absolute atomic E-state index is 0.0717. The third-order valence-corrected chi connectivity index (χ3v) is 9.43. The fourth-order valence-electron chi connectivity index (χ4n) is 4.59. The molecule has 2 heterocycles. The van der Waals surface area contributed by atoms with Crippen LogP contribution in [0.15, 0.2) is 84.3 Å². The Kier molecular flexibility index (Phi) is 7.37. The van der Waals surface area contributed by atoms with Gasteiger partial charge in [-0.15, -0.1) is 17.9 Å². The molecule has 0 saturated carbocycles. The molecular formula is C29H26N4O5S2. The largest absolute Gasteiger partial charge is 0.326 e. The molecule has 1 saturated heterocycles. The summed E-state index contributed by atoms with van der Waals surface area (Å²) in [6, 6.07) is 17.4. The Bertz CT molecular complexity index is 1750. The molecule has 1 aliphatic rings. The van der Waals surface area contributed by atoms with Crippen molar-refractivity contribution in [1.82, 2.24) is 9.29 Å². The van der Waals surface area contributed by atoms with Crippen molar-refractivity contribution >= 4 is 60.7 Å². The average molecular weight is 575 g/mol. The van der Waals surface area contributed by atoms with Gasteiger partial charge in [0.2, 0.25) is 21.8 Å². The molecule has 0 radical (unpaired) electrons. The van der Waals surface area contributed by atoms with Crippen LogP contribution in [-0.2, 0) is 24.4 Å². The number of rotatable bonds is 8. The highest BCUT2D eigenvalue weighted by Gasteiger charge is 2.46. The van der Waals surface area contributed by atoms with Crippen molar-refractivity contribution < 1.29 is 22.8 Å². The van der Waals surface area contributed by atoms with Crippen molar-refractivity contribution in [2.24, 2.45) is 0 Å². The van der Waals surface area contributed by atoms with Gasteiger partial charge in [-0.05, 0) is 73.2 Å². The minimum atomic E-state index is -4.17. The summed E-state index contributed by atoms with van der Waals surface area (Å²) in [4.78, 5) is 43.5. The molecule has 40 heavy (non-hydrogen) atoms. The molecular weight excluding hydrogens is 548 g/mol. The van der Waals surface area contributed by atoms with Gasteiger partial charge in [-0.2, -0.15) is 4.31 Å². The van der Waals surface area contributed by atoms with Gasteiger partial charge in [-0.1, -0.05) is 12.1 Å². The summed E-state index contributed by atoms with van der Waals surface area (Å²) in [5.74, 6) is -1.42. The lowest BCUT2D eigenvalue weighted by molar-refractivity contribution is -0.122. The van der Waals surface area contributed by atoms with Crippen LogP contribution in [0.4, 0.5) is 11.4 Å². The number of imide groups is 1. The number of hydrogen-bond acceptors (Lipinski definition) is 7. The number of carbonyl (C=O) groups excluding carboxylic acids is 3. The third-order valence-electron chi connectivity index (χ3n) is 6.48. The second kappa shape index (κ2) is 10.8. The summed E-state index contributed by atoms with van der Waals surface area (Å²) in [7, 11) is -4.17. The number of nitrogens with zero attached hydrogens (tertiary/aromatic N) is 3. The molecule has 1 unspecified atom stereocenters. The lowest BCUT2D eigenvalue weighted by atomic mass is 10.2. The number of amides is 3. The molecule has 3 amide bonds. The molecule has 1 fully saturated rings. The van der Waals surface area contributed by atoms with Gasteiger partial charge in [-0.3, -0.25) is 14.4 Å². The first kappa shape index (κ1) is 27.4. The number of benzene rings is 3. The first-order chi connectivity index (χ1) is 19.1. The topological polar surface area (TPSA) is 117 Å². The van der Waals surface area contributed by atoms with Crippen LogP contribution in [0.2, 0.25) is 0 Å². The molecule has 5 rings (SSSR count). The highest BCUT2D eigenvalue weighted by atomic mass is 32.2. The van der Waals surface area contributed by atoms with E-state index in [2.05, 4.69) is 22.9 Å². The molecule has 0 bridgehead atoms. The monoisotopic (exact) mass is 574 g/mol. The predicted molar refractivity (Wildman–Crippen MR) is 156 cm³/mol. The van der Waals surface area contributed by atoms with E-state index in [1.807, 2.05) is 19.1 Å².